The third-order valence-corrected chi connectivity index (χ3v) is 2.45. The summed E-state index contributed by atoms with van der Waals surface area (Å²) in [6.45, 7) is 5.41. The van der Waals surface area contributed by atoms with Crippen molar-refractivity contribution in [2.45, 2.75) is 31.5 Å². The molecule has 1 rings (SSSR count). The van der Waals surface area contributed by atoms with Crippen molar-refractivity contribution < 1.29 is 9.53 Å². The highest BCUT2D eigenvalue weighted by Crippen LogP contribution is 2.17. The molecule has 0 aliphatic carbocycles. The van der Waals surface area contributed by atoms with Crippen LogP contribution in [0.3, 0.4) is 0 Å². The molecule has 0 aromatic carbocycles. The number of nitrogen functional groups attached to an aromatic ring is 2. The molecule has 0 fully saturated rings. The molecule has 1 aromatic rings. The van der Waals surface area contributed by atoms with E-state index < -0.39 is 5.60 Å². The number of hydrogen-bond donors (Lipinski definition) is 3. The Morgan fingerprint density at radius 1 is 1.53 bits per heavy atom. The minimum atomic E-state index is -0.502. The van der Waals surface area contributed by atoms with Crippen LogP contribution in [0, 0.1) is 0 Å². The van der Waals surface area contributed by atoms with E-state index in [0.717, 1.165) is 16.4 Å². The molecule has 0 atom stereocenters. The summed E-state index contributed by atoms with van der Waals surface area (Å²) in [4.78, 5) is 11.4. The topological polar surface area (TPSA) is 121 Å². The number of nitrogens with two attached hydrogens (primary N) is 2. The van der Waals surface area contributed by atoms with Crippen LogP contribution in [0.15, 0.2) is 5.16 Å². The number of hydrogen-bond acceptors (Lipinski definition) is 8. The van der Waals surface area contributed by atoms with Crippen molar-refractivity contribution in [3.05, 3.63) is 0 Å². The van der Waals surface area contributed by atoms with E-state index in [1.807, 2.05) is 0 Å². The highest BCUT2D eigenvalue weighted by Gasteiger charge is 2.18. The molecule has 0 bridgehead atoms. The van der Waals surface area contributed by atoms with Gasteiger partial charge in [0.25, 0.3) is 5.95 Å². The predicted molar refractivity (Wildman–Crippen MR) is 64.6 cm³/mol. The van der Waals surface area contributed by atoms with Gasteiger partial charge < -0.3 is 10.6 Å². The lowest BCUT2D eigenvalue weighted by Gasteiger charge is -2.19. The fourth-order valence-electron chi connectivity index (χ4n) is 0.968. The standard InChI is InChI=1S/C8H16N6O2S/c1-8(2,3)16-5(15)4-17-7-13-12-6(11-9)14(7)10/h4,9-10H2,1-3H3,(H,11,12). The van der Waals surface area contributed by atoms with Gasteiger partial charge in [0.1, 0.15) is 5.60 Å². The number of carbonyl (C=O) groups is 1. The van der Waals surface area contributed by atoms with E-state index in [1.54, 1.807) is 20.8 Å². The molecule has 96 valence electrons. The Morgan fingerprint density at radius 2 is 2.18 bits per heavy atom. The number of carbonyl (C=O) groups excluding carboxylic acids is 1. The fraction of sp³-hybridized carbons (Fsp3) is 0.625. The Balaban J connectivity index is 2.50. The van der Waals surface area contributed by atoms with Crippen molar-refractivity contribution in [3.63, 3.8) is 0 Å². The molecule has 0 aliphatic heterocycles. The Morgan fingerprint density at radius 3 is 2.65 bits per heavy atom. The summed E-state index contributed by atoms with van der Waals surface area (Å²) in [6.07, 6.45) is 0. The van der Waals surface area contributed by atoms with E-state index in [9.17, 15) is 4.79 Å². The van der Waals surface area contributed by atoms with Gasteiger partial charge in [0.15, 0.2) is 0 Å². The van der Waals surface area contributed by atoms with Gasteiger partial charge in [0.2, 0.25) is 5.16 Å². The van der Waals surface area contributed by atoms with E-state index in [0.29, 0.717) is 5.16 Å². The third kappa shape index (κ3) is 4.11. The lowest BCUT2D eigenvalue weighted by Crippen LogP contribution is -2.25. The van der Waals surface area contributed by atoms with Gasteiger partial charge in [-0.3, -0.25) is 10.2 Å². The Labute approximate surface area is 103 Å². The van der Waals surface area contributed by atoms with E-state index in [2.05, 4.69) is 15.6 Å². The van der Waals surface area contributed by atoms with Gasteiger partial charge in [-0.25, -0.2) is 10.5 Å². The molecule has 8 nitrogen and oxygen atoms in total. The summed E-state index contributed by atoms with van der Waals surface area (Å²) in [5, 5.41) is 7.80. The van der Waals surface area contributed by atoms with Gasteiger partial charge in [-0.1, -0.05) is 11.8 Å². The Kier molecular flexibility index (Phi) is 4.18. The first-order valence-electron chi connectivity index (χ1n) is 4.85. The second-order valence-corrected chi connectivity index (χ2v) is 5.14. The van der Waals surface area contributed by atoms with Gasteiger partial charge in [0, 0.05) is 0 Å². The number of hydrazine groups is 1. The first-order chi connectivity index (χ1) is 7.83. The predicted octanol–water partition coefficient (Wildman–Crippen LogP) is -0.289. The van der Waals surface area contributed by atoms with Crippen LogP contribution in [0.4, 0.5) is 5.95 Å². The number of rotatable bonds is 4. The molecule has 9 heteroatoms. The quantitative estimate of drug-likeness (QED) is 0.292. The maximum absolute atomic E-state index is 11.4. The summed E-state index contributed by atoms with van der Waals surface area (Å²) < 4.78 is 6.30. The summed E-state index contributed by atoms with van der Waals surface area (Å²) in [5.41, 5.74) is 1.77. The number of ether oxygens (including phenoxy) is 1. The van der Waals surface area contributed by atoms with Crippen molar-refractivity contribution in [1.29, 1.82) is 0 Å². The van der Waals surface area contributed by atoms with Crippen LogP contribution in [0.2, 0.25) is 0 Å². The molecule has 1 aromatic heterocycles. The van der Waals surface area contributed by atoms with Crippen LogP contribution in [0.1, 0.15) is 20.8 Å². The van der Waals surface area contributed by atoms with Crippen molar-refractivity contribution in [2.24, 2.45) is 5.84 Å². The molecular weight excluding hydrogens is 244 g/mol. The van der Waals surface area contributed by atoms with Gasteiger partial charge in [-0.2, -0.15) is 0 Å². The highest BCUT2D eigenvalue weighted by molar-refractivity contribution is 7.99. The van der Waals surface area contributed by atoms with Crippen molar-refractivity contribution >= 4 is 23.7 Å². The molecular formula is C8H16N6O2S. The van der Waals surface area contributed by atoms with Crippen LogP contribution in [-0.4, -0.2) is 32.2 Å². The number of aromatic nitrogens is 3. The highest BCUT2D eigenvalue weighted by atomic mass is 32.2. The molecule has 0 radical (unpaired) electrons. The van der Waals surface area contributed by atoms with Crippen molar-refractivity contribution in [1.82, 2.24) is 14.9 Å². The van der Waals surface area contributed by atoms with Crippen molar-refractivity contribution in [2.75, 3.05) is 17.0 Å². The maximum Gasteiger partial charge on any atom is 0.316 e. The summed E-state index contributed by atoms with van der Waals surface area (Å²) >= 11 is 1.13. The fourth-order valence-corrected chi connectivity index (χ4v) is 1.60. The van der Waals surface area contributed by atoms with Gasteiger partial charge in [0.05, 0.1) is 5.75 Å². The lowest BCUT2D eigenvalue weighted by molar-refractivity contribution is -0.151. The summed E-state index contributed by atoms with van der Waals surface area (Å²) in [6, 6.07) is 0. The van der Waals surface area contributed by atoms with Gasteiger partial charge in [-0.05, 0) is 20.8 Å². The minimum Gasteiger partial charge on any atom is -0.459 e. The zero-order valence-corrected chi connectivity index (χ0v) is 10.7. The molecule has 0 aliphatic rings. The van der Waals surface area contributed by atoms with Crippen LogP contribution in [0.25, 0.3) is 0 Å². The molecule has 0 unspecified atom stereocenters. The maximum atomic E-state index is 11.4. The molecule has 1 heterocycles. The number of esters is 1. The number of thioether (sulfide) groups is 1. The molecule has 5 N–H and O–H groups in total. The second kappa shape index (κ2) is 5.23. The second-order valence-electron chi connectivity index (χ2n) is 4.20. The molecule has 0 saturated carbocycles. The SMILES string of the molecule is CC(C)(C)OC(=O)CSc1nnc(NN)n1N. The van der Waals surface area contributed by atoms with Crippen molar-refractivity contribution in [3.8, 4) is 0 Å². The number of anilines is 1. The van der Waals surface area contributed by atoms with Gasteiger partial charge in [-0.15, -0.1) is 10.2 Å². The van der Waals surface area contributed by atoms with Crippen LogP contribution in [-0.2, 0) is 9.53 Å². The zero-order chi connectivity index (χ0) is 13.1. The normalized spacial score (nSPS) is 11.3. The molecule has 0 amide bonds. The summed E-state index contributed by atoms with van der Waals surface area (Å²) in [5.74, 6) is 10.7. The first kappa shape index (κ1) is 13.6. The Bertz CT molecular complexity index is 399. The van der Waals surface area contributed by atoms with Crippen LogP contribution >= 0.6 is 11.8 Å². The molecule has 0 saturated heterocycles. The van der Waals surface area contributed by atoms with E-state index in [4.69, 9.17) is 16.4 Å². The third-order valence-electron chi connectivity index (χ3n) is 1.53. The van der Waals surface area contributed by atoms with Crippen LogP contribution < -0.4 is 17.1 Å². The Hall–Kier alpha value is -1.48. The lowest BCUT2D eigenvalue weighted by atomic mass is 10.2. The smallest absolute Gasteiger partial charge is 0.316 e. The van der Waals surface area contributed by atoms with E-state index >= 15 is 0 Å². The zero-order valence-electron chi connectivity index (χ0n) is 9.93. The average Bonchev–Trinajstić information content (AvgIpc) is 2.54. The van der Waals surface area contributed by atoms with E-state index in [1.165, 1.54) is 0 Å². The molecule has 0 spiro atoms. The average molecular weight is 260 g/mol. The molecule has 17 heavy (non-hydrogen) atoms. The minimum absolute atomic E-state index is 0.108. The van der Waals surface area contributed by atoms with E-state index in [-0.39, 0.29) is 17.7 Å². The summed E-state index contributed by atoms with van der Waals surface area (Å²) in [7, 11) is 0. The van der Waals surface area contributed by atoms with Gasteiger partial charge >= 0.3 is 5.97 Å². The largest absolute Gasteiger partial charge is 0.459 e. The first-order valence-corrected chi connectivity index (χ1v) is 5.84. The van der Waals surface area contributed by atoms with Crippen LogP contribution in [0.5, 0.6) is 0 Å². The number of nitrogens with zero attached hydrogens (tertiary/aromatic N) is 3. The number of nitrogens with one attached hydrogen (secondary N) is 1. The monoisotopic (exact) mass is 260 g/mol.